The number of ketones is 2. The molecule has 1 amide bonds. The van der Waals surface area contributed by atoms with Crippen LogP contribution in [0.3, 0.4) is 0 Å². The number of rotatable bonds is 3. The van der Waals surface area contributed by atoms with Gasteiger partial charge in [-0.25, -0.2) is 0 Å². The molecule has 3 aromatic carbocycles. The van der Waals surface area contributed by atoms with Gasteiger partial charge in [-0.3, -0.25) is 14.4 Å². The quantitative estimate of drug-likeness (QED) is 0.406. The summed E-state index contributed by atoms with van der Waals surface area (Å²) in [7, 11) is 0. The van der Waals surface area contributed by atoms with E-state index in [1.807, 2.05) is 61.2 Å². The average molecular weight is 531 g/mol. The Hall–Kier alpha value is -3.41. The van der Waals surface area contributed by atoms with Gasteiger partial charge in [-0.2, -0.15) is 0 Å². The van der Waals surface area contributed by atoms with E-state index < -0.39 is 23.4 Å². The molecule has 1 fully saturated rings. The second-order valence-electron chi connectivity index (χ2n) is 10.1. The molecule has 6 rings (SSSR count). The first-order valence-electron chi connectivity index (χ1n) is 12.1. The fourth-order valence-electron chi connectivity index (χ4n) is 6.56. The smallest absolute Gasteiger partial charge is 0.238 e. The number of anilines is 2. The number of carbonyl (C=O) groups is 3. The highest BCUT2D eigenvalue weighted by molar-refractivity contribution is 6.37. The number of benzene rings is 3. The summed E-state index contributed by atoms with van der Waals surface area (Å²) in [4.78, 5) is 44.1. The number of hydrogen-bond donors (Lipinski definition) is 1. The zero-order chi connectivity index (χ0) is 26.2. The molecule has 0 radical (unpaired) electrons. The van der Waals surface area contributed by atoms with Gasteiger partial charge in [0.15, 0.2) is 11.6 Å². The highest BCUT2D eigenvalue weighted by Crippen LogP contribution is 2.58. The third kappa shape index (κ3) is 3.20. The Morgan fingerprint density at radius 3 is 2.49 bits per heavy atom. The van der Waals surface area contributed by atoms with E-state index in [2.05, 4.69) is 11.4 Å². The first-order valence-corrected chi connectivity index (χ1v) is 12.9. The van der Waals surface area contributed by atoms with Crippen molar-refractivity contribution in [2.45, 2.75) is 38.3 Å². The number of halogens is 2. The maximum Gasteiger partial charge on any atom is 0.238 e. The Morgan fingerprint density at radius 2 is 1.76 bits per heavy atom. The van der Waals surface area contributed by atoms with Crippen molar-refractivity contribution < 1.29 is 14.4 Å². The normalized spacial score (nSPS) is 25.3. The van der Waals surface area contributed by atoms with Gasteiger partial charge in [0.1, 0.15) is 5.41 Å². The molecule has 3 aliphatic rings. The van der Waals surface area contributed by atoms with Crippen LogP contribution in [-0.4, -0.2) is 29.6 Å². The number of fused-ring (bicyclic) bond motifs is 6. The Morgan fingerprint density at radius 1 is 1.00 bits per heavy atom. The highest BCUT2D eigenvalue weighted by Gasteiger charge is 2.70. The molecule has 3 aliphatic heterocycles. The average Bonchev–Trinajstić information content (AvgIpc) is 3.32. The number of nitrogens with one attached hydrogen (secondary N) is 1. The van der Waals surface area contributed by atoms with E-state index >= 15 is 0 Å². The van der Waals surface area contributed by atoms with Crippen LogP contribution in [-0.2, 0) is 15.0 Å². The molecule has 4 atom stereocenters. The third-order valence-corrected chi connectivity index (χ3v) is 8.58. The first kappa shape index (κ1) is 24.0. The van der Waals surface area contributed by atoms with Gasteiger partial charge in [0.25, 0.3) is 0 Å². The number of hydrogen-bond acceptors (Lipinski definition) is 4. The van der Waals surface area contributed by atoms with Crippen LogP contribution in [0, 0.1) is 12.8 Å². The molecule has 0 bridgehead atoms. The van der Waals surface area contributed by atoms with Crippen molar-refractivity contribution >= 4 is 57.6 Å². The molecular formula is C30H24Cl2N2O3. The minimum atomic E-state index is -1.34. The topological polar surface area (TPSA) is 66.5 Å². The van der Waals surface area contributed by atoms with Crippen molar-refractivity contribution in [3.05, 3.63) is 99.0 Å². The number of allylic oxidation sites excluding steroid dienone is 1. The summed E-state index contributed by atoms with van der Waals surface area (Å²) < 4.78 is 0. The fraction of sp³-hybridized carbons (Fsp3) is 0.233. The zero-order valence-electron chi connectivity index (χ0n) is 20.5. The van der Waals surface area contributed by atoms with Crippen molar-refractivity contribution in [1.29, 1.82) is 0 Å². The molecule has 1 spiro atoms. The van der Waals surface area contributed by atoms with Crippen LogP contribution in [0.1, 0.15) is 40.9 Å². The molecule has 186 valence electrons. The van der Waals surface area contributed by atoms with Crippen molar-refractivity contribution in [2.24, 2.45) is 5.92 Å². The van der Waals surface area contributed by atoms with Crippen LogP contribution in [0.4, 0.5) is 11.4 Å². The molecule has 3 heterocycles. The summed E-state index contributed by atoms with van der Waals surface area (Å²) in [6.07, 6.45) is 2.04. The molecule has 0 aromatic heterocycles. The number of amides is 1. The monoisotopic (exact) mass is 530 g/mol. The van der Waals surface area contributed by atoms with Gasteiger partial charge in [0, 0.05) is 27.5 Å². The first-order chi connectivity index (χ1) is 17.7. The number of para-hydroxylation sites is 1. The van der Waals surface area contributed by atoms with E-state index in [9.17, 15) is 14.4 Å². The molecule has 37 heavy (non-hydrogen) atoms. The molecule has 1 N–H and O–H groups in total. The minimum absolute atomic E-state index is 0.189. The van der Waals surface area contributed by atoms with Gasteiger partial charge in [-0.15, -0.1) is 0 Å². The maximum absolute atomic E-state index is 14.5. The molecule has 3 aromatic rings. The summed E-state index contributed by atoms with van der Waals surface area (Å²) in [6, 6.07) is 16.7. The van der Waals surface area contributed by atoms with Gasteiger partial charge >= 0.3 is 0 Å². The minimum Gasteiger partial charge on any atom is -0.352 e. The molecule has 5 nitrogen and oxygen atoms in total. The second kappa shape index (κ2) is 8.30. The lowest BCUT2D eigenvalue weighted by Gasteiger charge is -2.39. The lowest BCUT2D eigenvalue weighted by Crippen LogP contribution is -2.51. The zero-order valence-corrected chi connectivity index (χ0v) is 22.0. The van der Waals surface area contributed by atoms with Crippen LogP contribution < -0.4 is 10.2 Å². The van der Waals surface area contributed by atoms with E-state index in [1.165, 1.54) is 13.0 Å². The number of carbonyl (C=O) groups excluding carboxylic acids is 3. The third-order valence-electron chi connectivity index (χ3n) is 8.03. The van der Waals surface area contributed by atoms with Crippen molar-refractivity contribution in [1.82, 2.24) is 0 Å². The Labute approximate surface area is 225 Å². The highest BCUT2D eigenvalue weighted by atomic mass is 35.5. The standard InChI is InChI=1S/C30H24Cl2N2O3/c1-15-8-11-24-20(12-15)16(2)13-25-30(21-6-4-5-7-23(21)33-29(30)37)26(27(17(3)35)34(24)25)28(36)19-10-9-18(31)14-22(19)32/h4-14,25-27H,1-3H3,(H,33,37)/t25-,26+,27-,30-/m1/s1. The number of Topliss-reactive ketones (excluding diaryl/α,β-unsaturated/α-hetero) is 2. The van der Waals surface area contributed by atoms with Crippen LogP contribution in [0.15, 0.2) is 66.7 Å². The molecule has 0 unspecified atom stereocenters. The van der Waals surface area contributed by atoms with E-state index in [1.54, 1.807) is 12.1 Å². The molecule has 0 saturated carbocycles. The van der Waals surface area contributed by atoms with Crippen LogP contribution in [0.2, 0.25) is 10.0 Å². The van der Waals surface area contributed by atoms with Gasteiger partial charge < -0.3 is 10.2 Å². The molecular weight excluding hydrogens is 507 g/mol. The van der Waals surface area contributed by atoms with Gasteiger partial charge in [0.05, 0.1) is 23.0 Å². The largest absolute Gasteiger partial charge is 0.352 e. The van der Waals surface area contributed by atoms with E-state index in [0.717, 1.165) is 22.4 Å². The predicted molar refractivity (Wildman–Crippen MR) is 147 cm³/mol. The summed E-state index contributed by atoms with van der Waals surface area (Å²) >= 11 is 12.6. The summed E-state index contributed by atoms with van der Waals surface area (Å²) in [5.41, 5.74) is 4.17. The van der Waals surface area contributed by atoms with Crippen LogP contribution in [0.5, 0.6) is 0 Å². The van der Waals surface area contributed by atoms with Gasteiger partial charge in [-0.1, -0.05) is 59.1 Å². The van der Waals surface area contributed by atoms with Crippen molar-refractivity contribution in [3.63, 3.8) is 0 Å². The lowest BCUT2D eigenvalue weighted by molar-refractivity contribution is -0.122. The summed E-state index contributed by atoms with van der Waals surface area (Å²) in [5, 5.41) is 3.61. The second-order valence-corrected chi connectivity index (χ2v) is 11.0. The van der Waals surface area contributed by atoms with Crippen molar-refractivity contribution in [3.8, 4) is 0 Å². The van der Waals surface area contributed by atoms with Crippen molar-refractivity contribution in [2.75, 3.05) is 10.2 Å². The Balaban J connectivity index is 1.69. The summed E-state index contributed by atoms with van der Waals surface area (Å²) in [5.74, 6) is -1.87. The SMILES string of the molecule is CC(=O)[C@@H]1[C@@H](C(=O)c2ccc(Cl)cc2Cl)[C@]2(C(=O)Nc3ccccc32)[C@H]2C=C(C)c3cc(C)ccc3N12. The molecule has 1 saturated heterocycles. The molecule has 0 aliphatic carbocycles. The van der Waals surface area contributed by atoms with E-state index in [0.29, 0.717) is 16.3 Å². The maximum atomic E-state index is 14.5. The predicted octanol–water partition coefficient (Wildman–Crippen LogP) is 6.25. The molecule has 7 heteroatoms. The van der Waals surface area contributed by atoms with Crippen LogP contribution in [0.25, 0.3) is 5.57 Å². The number of aryl methyl sites for hydroxylation is 1. The fourth-order valence-corrected chi connectivity index (χ4v) is 7.06. The van der Waals surface area contributed by atoms with Crippen LogP contribution >= 0.6 is 23.2 Å². The van der Waals surface area contributed by atoms with Gasteiger partial charge in [0.2, 0.25) is 5.91 Å². The Bertz CT molecular complexity index is 1560. The number of nitrogens with zero attached hydrogens (tertiary/aromatic N) is 1. The Kier molecular flexibility index (Phi) is 5.38. The lowest BCUT2D eigenvalue weighted by atomic mass is 9.64. The summed E-state index contributed by atoms with van der Waals surface area (Å²) in [6.45, 7) is 5.52. The van der Waals surface area contributed by atoms with E-state index in [-0.39, 0.29) is 28.1 Å². The van der Waals surface area contributed by atoms with E-state index in [4.69, 9.17) is 23.2 Å². The van der Waals surface area contributed by atoms with Gasteiger partial charge in [-0.05, 0) is 68.3 Å².